The van der Waals surface area contributed by atoms with Crippen molar-refractivity contribution in [3.05, 3.63) is 35.6 Å². The fourth-order valence-electron chi connectivity index (χ4n) is 4.12. The maximum Gasteiger partial charge on any atom is 0.251 e. The van der Waals surface area contributed by atoms with E-state index in [4.69, 9.17) is 0 Å². The highest BCUT2D eigenvalue weighted by molar-refractivity contribution is 5.94. The highest BCUT2D eigenvalue weighted by Gasteiger charge is 2.26. The molecule has 1 saturated heterocycles. The van der Waals surface area contributed by atoms with E-state index >= 15 is 0 Å². The number of carbonyl (C=O) groups excluding carboxylic acids is 2. The molecule has 2 amide bonds. The van der Waals surface area contributed by atoms with Crippen LogP contribution in [0.1, 0.15) is 55.8 Å². The third-order valence-electron chi connectivity index (χ3n) is 5.83. The van der Waals surface area contributed by atoms with E-state index in [2.05, 4.69) is 22.5 Å². The molecule has 148 valence electrons. The van der Waals surface area contributed by atoms with Crippen molar-refractivity contribution in [2.24, 2.45) is 5.92 Å². The molecule has 6 heteroatoms. The number of carbonyl (C=O) groups is 2. The highest BCUT2D eigenvalue weighted by Crippen LogP contribution is 2.23. The van der Waals surface area contributed by atoms with Gasteiger partial charge in [0.1, 0.15) is 5.82 Å². The summed E-state index contributed by atoms with van der Waals surface area (Å²) in [6, 6.07) is 6.12. The third-order valence-corrected chi connectivity index (χ3v) is 5.83. The normalized spacial score (nSPS) is 24.4. The Kier molecular flexibility index (Phi) is 6.83. The molecule has 2 aliphatic rings. The van der Waals surface area contributed by atoms with Crippen molar-refractivity contribution in [3.8, 4) is 0 Å². The first kappa shape index (κ1) is 19.8. The van der Waals surface area contributed by atoms with Crippen LogP contribution in [0.4, 0.5) is 4.39 Å². The average molecular weight is 375 g/mol. The minimum absolute atomic E-state index is 0.0680. The Bertz CT molecular complexity index is 659. The second-order valence-electron chi connectivity index (χ2n) is 7.97. The number of nitrogens with zero attached hydrogens (tertiary/aromatic N) is 1. The Labute approximate surface area is 160 Å². The summed E-state index contributed by atoms with van der Waals surface area (Å²) < 4.78 is 13.2. The lowest BCUT2D eigenvalue weighted by atomic mass is 9.86. The smallest absolute Gasteiger partial charge is 0.251 e. The van der Waals surface area contributed by atoms with Gasteiger partial charge in [0.2, 0.25) is 5.91 Å². The van der Waals surface area contributed by atoms with Gasteiger partial charge >= 0.3 is 0 Å². The van der Waals surface area contributed by atoms with Crippen LogP contribution in [0.2, 0.25) is 0 Å². The first-order chi connectivity index (χ1) is 13.0. The zero-order chi connectivity index (χ0) is 19.2. The largest absolute Gasteiger partial charge is 0.352 e. The first-order valence-electron chi connectivity index (χ1n) is 10.1. The molecular weight excluding hydrogens is 345 g/mol. The van der Waals surface area contributed by atoms with Gasteiger partial charge in [0.05, 0.1) is 6.54 Å². The molecule has 0 bridgehead atoms. The zero-order valence-electron chi connectivity index (χ0n) is 16.0. The molecule has 1 saturated carbocycles. The predicted octanol–water partition coefficient (Wildman–Crippen LogP) is 2.71. The summed E-state index contributed by atoms with van der Waals surface area (Å²) in [6.07, 6.45) is 6.35. The van der Waals surface area contributed by atoms with Crippen molar-refractivity contribution in [3.63, 3.8) is 0 Å². The predicted molar refractivity (Wildman–Crippen MR) is 103 cm³/mol. The number of benzene rings is 1. The molecular formula is C21H30FN3O2. The number of rotatable bonds is 5. The molecule has 0 radical (unpaired) electrons. The number of hydrogen-bond acceptors (Lipinski definition) is 3. The molecule has 1 aliphatic heterocycles. The standard InChI is InChI=1S/C21H30FN3O2/c1-15-5-2-3-8-19(15)24-20(26)14-25-11-9-18(10-12-25)23-21(27)16-6-4-7-17(22)13-16/h4,6-7,13,15,18-19H,2-3,5,8-12,14H2,1H3,(H,23,27)(H,24,26)/t15-,19-/m0/s1. The monoisotopic (exact) mass is 375 g/mol. The number of halogens is 1. The Morgan fingerprint density at radius 1 is 1.11 bits per heavy atom. The van der Waals surface area contributed by atoms with E-state index in [1.807, 2.05) is 0 Å². The summed E-state index contributed by atoms with van der Waals surface area (Å²) in [5, 5.41) is 6.18. The van der Waals surface area contributed by atoms with E-state index in [9.17, 15) is 14.0 Å². The van der Waals surface area contributed by atoms with E-state index in [1.165, 1.54) is 31.4 Å². The van der Waals surface area contributed by atoms with Crippen molar-refractivity contribution in [2.45, 2.75) is 57.5 Å². The minimum Gasteiger partial charge on any atom is -0.352 e. The summed E-state index contributed by atoms with van der Waals surface area (Å²) in [6.45, 7) is 4.20. The van der Waals surface area contributed by atoms with Crippen LogP contribution in [0, 0.1) is 11.7 Å². The zero-order valence-corrected chi connectivity index (χ0v) is 16.0. The topological polar surface area (TPSA) is 61.4 Å². The van der Waals surface area contributed by atoms with Gasteiger partial charge in [-0.05, 0) is 49.8 Å². The lowest BCUT2D eigenvalue weighted by Gasteiger charge is -2.33. The van der Waals surface area contributed by atoms with Gasteiger partial charge in [0, 0.05) is 30.7 Å². The lowest BCUT2D eigenvalue weighted by Crippen LogP contribution is -2.49. The van der Waals surface area contributed by atoms with Gasteiger partial charge in [-0.1, -0.05) is 25.8 Å². The molecule has 1 aromatic carbocycles. The number of piperidine rings is 1. The van der Waals surface area contributed by atoms with Gasteiger partial charge in [-0.3, -0.25) is 14.5 Å². The summed E-state index contributed by atoms with van der Waals surface area (Å²) in [4.78, 5) is 26.7. The fraction of sp³-hybridized carbons (Fsp3) is 0.619. The molecule has 0 spiro atoms. The summed E-state index contributed by atoms with van der Waals surface area (Å²) in [5.41, 5.74) is 0.346. The summed E-state index contributed by atoms with van der Waals surface area (Å²) in [5.74, 6) is 0.0233. The molecule has 0 aromatic heterocycles. The Balaban J connectivity index is 1.39. The van der Waals surface area contributed by atoms with E-state index < -0.39 is 5.82 Å². The molecule has 27 heavy (non-hydrogen) atoms. The van der Waals surface area contributed by atoms with Crippen LogP contribution in [0.15, 0.2) is 24.3 Å². The van der Waals surface area contributed by atoms with Crippen LogP contribution in [-0.2, 0) is 4.79 Å². The maximum absolute atomic E-state index is 13.2. The second kappa shape index (κ2) is 9.31. The molecule has 2 atom stereocenters. The Hall–Kier alpha value is -1.95. The van der Waals surface area contributed by atoms with Crippen molar-refractivity contribution in [1.82, 2.24) is 15.5 Å². The Morgan fingerprint density at radius 2 is 1.85 bits per heavy atom. The van der Waals surface area contributed by atoms with Crippen molar-refractivity contribution in [1.29, 1.82) is 0 Å². The van der Waals surface area contributed by atoms with E-state index in [1.54, 1.807) is 12.1 Å². The summed E-state index contributed by atoms with van der Waals surface area (Å²) in [7, 11) is 0. The molecule has 1 aromatic rings. The van der Waals surface area contributed by atoms with Crippen LogP contribution < -0.4 is 10.6 Å². The van der Waals surface area contributed by atoms with Gasteiger partial charge in [-0.15, -0.1) is 0 Å². The van der Waals surface area contributed by atoms with Crippen molar-refractivity contribution < 1.29 is 14.0 Å². The van der Waals surface area contributed by atoms with Gasteiger partial charge in [-0.25, -0.2) is 4.39 Å². The quantitative estimate of drug-likeness (QED) is 0.832. The van der Waals surface area contributed by atoms with Crippen molar-refractivity contribution >= 4 is 11.8 Å². The maximum atomic E-state index is 13.2. The van der Waals surface area contributed by atoms with Gasteiger partial charge in [-0.2, -0.15) is 0 Å². The lowest BCUT2D eigenvalue weighted by molar-refractivity contribution is -0.123. The average Bonchev–Trinajstić information content (AvgIpc) is 2.65. The number of likely N-dealkylation sites (tertiary alicyclic amines) is 1. The van der Waals surface area contributed by atoms with Crippen LogP contribution >= 0.6 is 0 Å². The van der Waals surface area contributed by atoms with Crippen LogP contribution in [0.25, 0.3) is 0 Å². The number of amides is 2. The van der Waals surface area contributed by atoms with E-state index in [0.717, 1.165) is 32.4 Å². The first-order valence-corrected chi connectivity index (χ1v) is 10.1. The molecule has 5 nitrogen and oxygen atoms in total. The van der Waals surface area contributed by atoms with Crippen LogP contribution in [0.5, 0.6) is 0 Å². The molecule has 1 aliphatic carbocycles. The SMILES string of the molecule is C[C@H]1CCCC[C@@H]1NC(=O)CN1CCC(NC(=O)c2cccc(F)c2)CC1. The minimum atomic E-state index is -0.407. The molecule has 2 N–H and O–H groups in total. The fourth-order valence-corrected chi connectivity index (χ4v) is 4.12. The van der Waals surface area contributed by atoms with Crippen LogP contribution in [0.3, 0.4) is 0 Å². The van der Waals surface area contributed by atoms with Crippen LogP contribution in [-0.4, -0.2) is 48.4 Å². The van der Waals surface area contributed by atoms with Crippen molar-refractivity contribution in [2.75, 3.05) is 19.6 Å². The molecule has 3 rings (SSSR count). The van der Waals surface area contributed by atoms with E-state index in [0.29, 0.717) is 24.1 Å². The number of nitrogens with one attached hydrogen (secondary N) is 2. The Morgan fingerprint density at radius 3 is 2.56 bits per heavy atom. The number of hydrogen-bond donors (Lipinski definition) is 2. The van der Waals surface area contributed by atoms with Gasteiger partial charge < -0.3 is 10.6 Å². The highest BCUT2D eigenvalue weighted by atomic mass is 19.1. The molecule has 0 unspecified atom stereocenters. The van der Waals surface area contributed by atoms with Gasteiger partial charge in [0.15, 0.2) is 0 Å². The second-order valence-corrected chi connectivity index (χ2v) is 7.97. The third kappa shape index (κ3) is 5.76. The molecule has 2 fully saturated rings. The van der Waals surface area contributed by atoms with E-state index in [-0.39, 0.29) is 17.9 Å². The van der Waals surface area contributed by atoms with Gasteiger partial charge in [0.25, 0.3) is 5.91 Å². The summed E-state index contributed by atoms with van der Waals surface area (Å²) >= 11 is 0. The molecule has 1 heterocycles.